The molecule has 0 aromatic heterocycles. The van der Waals surface area contributed by atoms with E-state index in [-0.39, 0.29) is 29.3 Å². The van der Waals surface area contributed by atoms with E-state index in [1.807, 2.05) is 30.3 Å². The first-order chi connectivity index (χ1) is 13.0. The van der Waals surface area contributed by atoms with Gasteiger partial charge >= 0.3 is 5.97 Å². The first-order valence-electron chi connectivity index (χ1n) is 8.29. The second-order valence-corrected chi connectivity index (χ2v) is 8.08. The van der Waals surface area contributed by atoms with E-state index in [1.165, 1.54) is 28.4 Å². The average molecular weight is 402 g/mol. The Bertz CT molecular complexity index is 857. The van der Waals surface area contributed by atoms with Gasteiger partial charge in [0.2, 0.25) is 5.91 Å². The topological polar surface area (TPSA) is 86.7 Å². The van der Waals surface area contributed by atoms with Gasteiger partial charge < -0.3 is 10.4 Å². The molecule has 0 bridgehead atoms. The van der Waals surface area contributed by atoms with Crippen molar-refractivity contribution in [2.45, 2.75) is 24.8 Å². The van der Waals surface area contributed by atoms with Crippen LogP contribution in [-0.2, 0) is 20.8 Å². The number of carboxylic acid groups (broad SMARTS) is 1. The first-order valence-corrected chi connectivity index (χ1v) is 10.3. The van der Waals surface area contributed by atoms with Crippen LogP contribution in [0.4, 0.5) is 0 Å². The van der Waals surface area contributed by atoms with Gasteiger partial charge in [0.25, 0.3) is 5.91 Å². The van der Waals surface area contributed by atoms with E-state index < -0.39 is 12.0 Å². The van der Waals surface area contributed by atoms with E-state index >= 15 is 0 Å². The molecule has 0 radical (unpaired) electrons. The number of nitrogens with one attached hydrogen (secondary N) is 1. The van der Waals surface area contributed by atoms with Gasteiger partial charge in [0, 0.05) is 10.7 Å². The van der Waals surface area contributed by atoms with Crippen LogP contribution >= 0.6 is 23.5 Å². The monoisotopic (exact) mass is 402 g/mol. The quantitative estimate of drug-likeness (QED) is 0.556. The number of hydrogen-bond donors (Lipinski definition) is 2. The fraction of sp³-hybridized carbons (Fsp3) is 0.316. The number of benzene rings is 1. The van der Waals surface area contributed by atoms with Crippen molar-refractivity contribution in [2.75, 3.05) is 11.5 Å². The van der Waals surface area contributed by atoms with Gasteiger partial charge in [-0.2, -0.15) is 0 Å². The molecule has 2 heterocycles. The summed E-state index contributed by atoms with van der Waals surface area (Å²) in [5, 5.41) is 11.9. The van der Waals surface area contributed by atoms with Crippen LogP contribution in [0.1, 0.15) is 12.5 Å². The second kappa shape index (κ2) is 8.55. The third-order valence-electron chi connectivity index (χ3n) is 4.16. The first kappa shape index (κ1) is 19.4. The average Bonchev–Trinajstić information content (AvgIpc) is 2.66. The van der Waals surface area contributed by atoms with Crippen molar-refractivity contribution < 1.29 is 19.5 Å². The fourth-order valence-electron chi connectivity index (χ4n) is 2.90. The van der Waals surface area contributed by atoms with Crippen LogP contribution < -0.4 is 5.32 Å². The van der Waals surface area contributed by atoms with Crippen LogP contribution in [0.25, 0.3) is 0 Å². The minimum atomic E-state index is -1.13. The smallest absolute Gasteiger partial charge is 0.353 e. The zero-order chi connectivity index (χ0) is 19.4. The lowest BCUT2D eigenvalue weighted by Crippen LogP contribution is -2.70. The van der Waals surface area contributed by atoms with Gasteiger partial charge in [-0.3, -0.25) is 14.5 Å². The van der Waals surface area contributed by atoms with Crippen LogP contribution in [-0.4, -0.2) is 50.7 Å². The number of rotatable bonds is 6. The third-order valence-corrected chi connectivity index (χ3v) is 6.59. The molecule has 1 aromatic rings. The lowest BCUT2D eigenvalue weighted by atomic mass is 10.0. The molecule has 0 spiro atoms. The molecule has 3 rings (SSSR count). The summed E-state index contributed by atoms with van der Waals surface area (Å²) in [5.74, 6) is 4.85. The standard InChI is InChI=1S/C19H18N2O4S2/c1-2-3-9-26-13-11-27-18-15(17(23)21(18)16(13)19(24)25)20-14(22)10-12-7-5-4-6-8-12/h4-8,15,18H,9-11H2,1H3,(H,20,22)(H,24,25)/t15-,18+/m1/s1. The molecule has 0 unspecified atom stereocenters. The highest BCUT2D eigenvalue weighted by molar-refractivity contribution is 8.06. The van der Waals surface area contributed by atoms with Crippen LogP contribution in [0.15, 0.2) is 40.9 Å². The predicted molar refractivity (Wildman–Crippen MR) is 106 cm³/mol. The molecule has 2 amide bonds. The van der Waals surface area contributed by atoms with Gasteiger partial charge in [0.05, 0.1) is 12.2 Å². The molecule has 0 saturated carbocycles. The molecule has 2 aliphatic rings. The highest BCUT2D eigenvalue weighted by Gasteiger charge is 2.54. The minimum Gasteiger partial charge on any atom is -0.477 e. The molecule has 8 heteroatoms. The number of carboxylic acids is 1. The van der Waals surface area contributed by atoms with Gasteiger partial charge in [-0.15, -0.1) is 29.4 Å². The molecule has 2 N–H and O–H groups in total. The summed E-state index contributed by atoms with van der Waals surface area (Å²) < 4.78 is 0. The number of fused-ring (bicyclic) bond motifs is 1. The van der Waals surface area contributed by atoms with Gasteiger partial charge in [0.15, 0.2) is 0 Å². The molecule has 6 nitrogen and oxygen atoms in total. The molecule has 0 aliphatic carbocycles. The molecule has 2 aliphatic heterocycles. The lowest BCUT2D eigenvalue weighted by molar-refractivity contribution is -0.150. The van der Waals surface area contributed by atoms with Crippen molar-refractivity contribution in [3.8, 4) is 11.8 Å². The highest BCUT2D eigenvalue weighted by Crippen LogP contribution is 2.43. The number of hydrogen-bond acceptors (Lipinski definition) is 5. The number of amides is 2. The Hall–Kier alpha value is -2.37. The molecule has 1 saturated heterocycles. The van der Waals surface area contributed by atoms with Gasteiger partial charge in [-0.1, -0.05) is 36.3 Å². The van der Waals surface area contributed by atoms with Crippen molar-refractivity contribution in [2.24, 2.45) is 0 Å². The van der Waals surface area contributed by atoms with Crippen LogP contribution in [0.2, 0.25) is 0 Å². The van der Waals surface area contributed by atoms with Gasteiger partial charge in [-0.25, -0.2) is 4.79 Å². The van der Waals surface area contributed by atoms with Crippen molar-refractivity contribution in [1.82, 2.24) is 10.2 Å². The summed E-state index contributed by atoms with van der Waals surface area (Å²) in [5.41, 5.74) is 0.872. The Kier molecular flexibility index (Phi) is 6.14. The zero-order valence-corrected chi connectivity index (χ0v) is 16.2. The molecule has 2 atom stereocenters. The maximum atomic E-state index is 12.5. The normalized spacial score (nSPS) is 20.9. The van der Waals surface area contributed by atoms with Crippen molar-refractivity contribution >= 4 is 41.3 Å². The van der Waals surface area contributed by atoms with Crippen molar-refractivity contribution in [3.05, 3.63) is 46.5 Å². The highest BCUT2D eigenvalue weighted by atomic mass is 32.2. The van der Waals surface area contributed by atoms with Crippen LogP contribution in [0, 0.1) is 11.8 Å². The maximum absolute atomic E-state index is 12.5. The number of thioether (sulfide) groups is 2. The summed E-state index contributed by atoms with van der Waals surface area (Å²) in [6.07, 6.45) is 0.181. The van der Waals surface area contributed by atoms with Gasteiger partial charge in [0.1, 0.15) is 17.1 Å². The predicted octanol–water partition coefficient (Wildman–Crippen LogP) is 1.68. The number of aliphatic carboxylic acids is 1. The second-order valence-electron chi connectivity index (χ2n) is 5.91. The third kappa shape index (κ3) is 4.15. The van der Waals surface area contributed by atoms with E-state index in [2.05, 4.69) is 17.2 Å². The summed E-state index contributed by atoms with van der Waals surface area (Å²) in [6, 6.07) is 8.57. The Balaban J connectivity index is 1.68. The van der Waals surface area contributed by atoms with Crippen LogP contribution in [0.5, 0.6) is 0 Å². The number of carbonyl (C=O) groups is 3. The number of nitrogens with zero attached hydrogens (tertiary/aromatic N) is 1. The van der Waals surface area contributed by atoms with Crippen molar-refractivity contribution in [3.63, 3.8) is 0 Å². The molecule has 27 heavy (non-hydrogen) atoms. The zero-order valence-electron chi connectivity index (χ0n) is 14.6. The molecular formula is C19H18N2O4S2. The van der Waals surface area contributed by atoms with E-state index in [9.17, 15) is 19.5 Å². The largest absolute Gasteiger partial charge is 0.477 e. The molecule has 140 valence electrons. The van der Waals surface area contributed by atoms with E-state index in [4.69, 9.17) is 0 Å². The summed E-state index contributed by atoms with van der Waals surface area (Å²) in [6.45, 7) is 1.72. The minimum absolute atomic E-state index is 0.0141. The Morgan fingerprint density at radius 2 is 2.11 bits per heavy atom. The SMILES string of the molecule is CC#CCSC1=C(C(=O)O)N2C(=O)[C@@H](NC(=O)Cc3ccccc3)[C@@H]2SC1. The fourth-order valence-corrected chi connectivity index (χ4v) is 5.35. The Morgan fingerprint density at radius 1 is 1.37 bits per heavy atom. The number of carbonyl (C=O) groups excluding carboxylic acids is 2. The summed E-state index contributed by atoms with van der Waals surface area (Å²) in [4.78, 5) is 38.4. The molecular weight excluding hydrogens is 384 g/mol. The lowest BCUT2D eigenvalue weighted by Gasteiger charge is -2.49. The van der Waals surface area contributed by atoms with E-state index in [0.717, 1.165) is 5.56 Å². The van der Waals surface area contributed by atoms with E-state index in [1.54, 1.807) is 6.92 Å². The number of β-lactam (4-membered cyclic amide) rings is 1. The molecule has 1 fully saturated rings. The Morgan fingerprint density at radius 3 is 2.78 bits per heavy atom. The maximum Gasteiger partial charge on any atom is 0.353 e. The van der Waals surface area contributed by atoms with E-state index in [0.29, 0.717) is 16.4 Å². The summed E-state index contributed by atoms with van der Waals surface area (Å²) >= 11 is 2.80. The van der Waals surface area contributed by atoms with Crippen LogP contribution in [0.3, 0.4) is 0 Å². The Labute approximate surface area is 165 Å². The summed E-state index contributed by atoms with van der Waals surface area (Å²) in [7, 11) is 0. The molecule has 1 aromatic carbocycles. The van der Waals surface area contributed by atoms with Crippen molar-refractivity contribution in [1.29, 1.82) is 0 Å². The van der Waals surface area contributed by atoms with Gasteiger partial charge in [-0.05, 0) is 12.5 Å².